The van der Waals surface area contributed by atoms with Crippen molar-refractivity contribution in [1.29, 1.82) is 0 Å². The van der Waals surface area contributed by atoms with Crippen LogP contribution in [0.1, 0.15) is 16.1 Å². The Morgan fingerprint density at radius 3 is 2.20 bits per heavy atom. The van der Waals surface area contributed by atoms with Gasteiger partial charge in [0.1, 0.15) is 6.26 Å². The zero-order chi connectivity index (χ0) is 21.1. The van der Waals surface area contributed by atoms with Crippen molar-refractivity contribution in [1.82, 2.24) is 10.3 Å². The number of amides is 1. The lowest BCUT2D eigenvalue weighted by Crippen LogP contribution is -2.22. The van der Waals surface area contributed by atoms with E-state index in [9.17, 15) is 18.0 Å². The summed E-state index contributed by atoms with van der Waals surface area (Å²) < 4.78 is 45.4. The number of nitrogens with zero attached hydrogens (tertiary/aromatic N) is 1. The number of hydrogen-bond acceptors (Lipinski definition) is 3. The number of carbonyl (C=O) groups excluding carboxylic acids is 1. The van der Waals surface area contributed by atoms with Gasteiger partial charge in [0.15, 0.2) is 17.5 Å². The van der Waals surface area contributed by atoms with E-state index in [2.05, 4.69) is 10.3 Å². The smallest absolute Gasteiger partial charge is 0.251 e. The van der Waals surface area contributed by atoms with Crippen LogP contribution in [-0.2, 0) is 6.54 Å². The maximum absolute atomic E-state index is 13.4. The molecule has 3 aromatic carbocycles. The van der Waals surface area contributed by atoms with Crippen molar-refractivity contribution in [3.63, 3.8) is 0 Å². The van der Waals surface area contributed by atoms with E-state index in [1.807, 2.05) is 30.3 Å². The van der Waals surface area contributed by atoms with Gasteiger partial charge in [-0.1, -0.05) is 30.3 Å². The highest BCUT2D eigenvalue weighted by Gasteiger charge is 2.13. The number of nitrogens with one attached hydrogen (secondary N) is 1. The summed E-state index contributed by atoms with van der Waals surface area (Å²) in [5, 5.41) is 2.73. The van der Waals surface area contributed by atoms with Crippen LogP contribution in [0.4, 0.5) is 13.2 Å². The Balaban J connectivity index is 1.42. The molecule has 1 heterocycles. The molecule has 1 amide bonds. The van der Waals surface area contributed by atoms with Crippen molar-refractivity contribution in [2.45, 2.75) is 6.54 Å². The first-order chi connectivity index (χ1) is 14.5. The zero-order valence-corrected chi connectivity index (χ0v) is 15.5. The summed E-state index contributed by atoms with van der Waals surface area (Å²) in [7, 11) is 0. The predicted molar refractivity (Wildman–Crippen MR) is 105 cm³/mol. The van der Waals surface area contributed by atoms with Gasteiger partial charge >= 0.3 is 0 Å². The highest BCUT2D eigenvalue weighted by Crippen LogP contribution is 2.24. The van der Waals surface area contributed by atoms with Gasteiger partial charge < -0.3 is 9.73 Å². The van der Waals surface area contributed by atoms with E-state index < -0.39 is 17.5 Å². The second-order valence-corrected chi connectivity index (χ2v) is 6.52. The van der Waals surface area contributed by atoms with Crippen molar-refractivity contribution in [3.05, 3.63) is 102 Å². The molecule has 1 aromatic heterocycles. The average molecular weight is 408 g/mol. The Kier molecular flexibility index (Phi) is 5.34. The van der Waals surface area contributed by atoms with Crippen molar-refractivity contribution in [2.24, 2.45) is 0 Å². The van der Waals surface area contributed by atoms with Gasteiger partial charge in [-0.15, -0.1) is 0 Å². The molecule has 0 fully saturated rings. The minimum absolute atomic E-state index is 0.172. The van der Waals surface area contributed by atoms with Crippen LogP contribution in [0.15, 0.2) is 77.4 Å². The summed E-state index contributed by atoms with van der Waals surface area (Å²) >= 11 is 0. The quantitative estimate of drug-likeness (QED) is 0.453. The normalized spacial score (nSPS) is 10.8. The fraction of sp³-hybridized carbons (Fsp3) is 0.0435. The van der Waals surface area contributed by atoms with Crippen LogP contribution >= 0.6 is 0 Å². The Hall–Kier alpha value is -3.87. The fourth-order valence-corrected chi connectivity index (χ4v) is 2.91. The monoisotopic (exact) mass is 408 g/mol. The molecule has 0 atom stereocenters. The minimum atomic E-state index is -1.52. The summed E-state index contributed by atoms with van der Waals surface area (Å²) in [6.07, 6.45) is 1.48. The highest BCUT2D eigenvalue weighted by atomic mass is 19.2. The van der Waals surface area contributed by atoms with Crippen LogP contribution in [0.25, 0.3) is 22.6 Å². The lowest BCUT2D eigenvalue weighted by atomic mass is 10.0. The van der Waals surface area contributed by atoms with E-state index in [1.165, 1.54) is 30.5 Å². The Morgan fingerprint density at radius 1 is 0.867 bits per heavy atom. The van der Waals surface area contributed by atoms with Gasteiger partial charge in [0, 0.05) is 11.1 Å². The molecule has 0 unspecified atom stereocenters. The Morgan fingerprint density at radius 2 is 1.53 bits per heavy atom. The predicted octanol–water partition coefficient (Wildman–Crippen LogP) is 5.36. The summed E-state index contributed by atoms with van der Waals surface area (Å²) in [5.41, 5.74) is 2.38. The van der Waals surface area contributed by atoms with Gasteiger partial charge in [-0.05, 0) is 47.5 Å². The van der Waals surface area contributed by atoms with Gasteiger partial charge in [-0.25, -0.2) is 18.2 Å². The Labute approximate surface area is 170 Å². The molecule has 0 saturated heterocycles. The zero-order valence-electron chi connectivity index (χ0n) is 15.5. The molecule has 0 aliphatic heterocycles. The SMILES string of the molecule is O=C(NCc1coc(-c2ccccc2)n1)c1ccc(-c2cc(F)c(F)c(F)c2)cc1. The molecule has 4 nitrogen and oxygen atoms in total. The van der Waals surface area contributed by atoms with Crippen LogP contribution in [0.3, 0.4) is 0 Å². The summed E-state index contributed by atoms with van der Waals surface area (Å²) in [5.74, 6) is -3.94. The lowest BCUT2D eigenvalue weighted by molar-refractivity contribution is 0.0950. The molecule has 0 aliphatic rings. The van der Waals surface area contributed by atoms with E-state index in [0.717, 1.165) is 17.7 Å². The number of hydrogen-bond donors (Lipinski definition) is 1. The number of rotatable bonds is 5. The molecule has 150 valence electrons. The average Bonchev–Trinajstić information content (AvgIpc) is 3.25. The van der Waals surface area contributed by atoms with E-state index in [-0.39, 0.29) is 18.0 Å². The highest BCUT2D eigenvalue weighted by molar-refractivity contribution is 5.94. The molecular formula is C23H15F3N2O2. The first-order valence-corrected chi connectivity index (χ1v) is 9.04. The van der Waals surface area contributed by atoms with Gasteiger partial charge in [-0.3, -0.25) is 4.79 Å². The molecule has 0 bridgehead atoms. The molecule has 0 aliphatic carbocycles. The number of oxazole rings is 1. The van der Waals surface area contributed by atoms with E-state index in [1.54, 1.807) is 0 Å². The van der Waals surface area contributed by atoms with E-state index >= 15 is 0 Å². The third kappa shape index (κ3) is 4.10. The molecule has 0 spiro atoms. The van der Waals surface area contributed by atoms with Gasteiger partial charge in [0.25, 0.3) is 5.91 Å². The number of halogens is 3. The van der Waals surface area contributed by atoms with Gasteiger partial charge in [0.05, 0.1) is 12.2 Å². The molecule has 7 heteroatoms. The van der Waals surface area contributed by atoms with E-state index in [4.69, 9.17) is 4.42 Å². The van der Waals surface area contributed by atoms with Gasteiger partial charge in [0.2, 0.25) is 5.89 Å². The van der Waals surface area contributed by atoms with Crippen molar-refractivity contribution in [3.8, 4) is 22.6 Å². The topological polar surface area (TPSA) is 55.1 Å². The second-order valence-electron chi connectivity index (χ2n) is 6.52. The minimum Gasteiger partial charge on any atom is -0.444 e. The third-order valence-corrected chi connectivity index (χ3v) is 4.47. The first-order valence-electron chi connectivity index (χ1n) is 9.04. The van der Waals surface area contributed by atoms with Crippen molar-refractivity contribution in [2.75, 3.05) is 0 Å². The third-order valence-electron chi connectivity index (χ3n) is 4.47. The molecule has 30 heavy (non-hydrogen) atoms. The van der Waals surface area contributed by atoms with Crippen LogP contribution in [0.5, 0.6) is 0 Å². The second kappa shape index (κ2) is 8.24. The fourth-order valence-electron chi connectivity index (χ4n) is 2.91. The number of benzene rings is 3. The summed E-state index contributed by atoms with van der Waals surface area (Å²) in [6.45, 7) is 0.172. The van der Waals surface area contributed by atoms with Crippen molar-refractivity contribution >= 4 is 5.91 Å². The standard InChI is InChI=1S/C23H15F3N2O2/c24-19-10-17(11-20(25)21(19)26)14-6-8-15(9-7-14)22(29)27-12-18-13-30-23(28-18)16-4-2-1-3-5-16/h1-11,13H,12H2,(H,27,29). The molecule has 4 rings (SSSR count). The van der Waals surface area contributed by atoms with Crippen LogP contribution in [0, 0.1) is 17.5 Å². The molecule has 4 aromatic rings. The number of carbonyl (C=O) groups is 1. The first kappa shape index (κ1) is 19.4. The number of aromatic nitrogens is 1. The largest absolute Gasteiger partial charge is 0.444 e. The Bertz CT molecular complexity index is 1170. The van der Waals surface area contributed by atoms with Crippen LogP contribution in [0.2, 0.25) is 0 Å². The maximum Gasteiger partial charge on any atom is 0.251 e. The van der Waals surface area contributed by atoms with Crippen molar-refractivity contribution < 1.29 is 22.4 Å². The summed E-state index contributed by atoms with van der Waals surface area (Å²) in [6, 6.07) is 17.3. The molecule has 1 N–H and O–H groups in total. The summed E-state index contributed by atoms with van der Waals surface area (Å²) in [4.78, 5) is 16.7. The van der Waals surface area contributed by atoms with Crippen LogP contribution in [-0.4, -0.2) is 10.9 Å². The molecular weight excluding hydrogens is 393 g/mol. The lowest BCUT2D eigenvalue weighted by Gasteiger charge is -2.06. The maximum atomic E-state index is 13.4. The van der Waals surface area contributed by atoms with E-state index in [0.29, 0.717) is 22.7 Å². The molecule has 0 radical (unpaired) electrons. The van der Waals surface area contributed by atoms with Gasteiger partial charge in [-0.2, -0.15) is 0 Å². The van der Waals surface area contributed by atoms with Crippen LogP contribution < -0.4 is 5.32 Å². The molecule has 0 saturated carbocycles.